The Hall–Kier alpha value is -1.46. The standard InChI is InChI=1S/C20H29N3O2/c1-22(14-16-4-3-9-21-13-16)18-12-20(25-15-18)7-10-23(11-8-20)19(24)17-5-2-6-17/h3-4,9,13,17-18H,2,5-8,10-12,14-15H2,1H3/t18-/m1/s1. The van der Waals surface area contributed by atoms with Gasteiger partial charge in [0.15, 0.2) is 0 Å². The van der Waals surface area contributed by atoms with Gasteiger partial charge < -0.3 is 9.64 Å². The van der Waals surface area contributed by atoms with E-state index in [4.69, 9.17) is 4.74 Å². The van der Waals surface area contributed by atoms with Crippen molar-refractivity contribution >= 4 is 5.91 Å². The third-order valence-electron chi connectivity index (χ3n) is 6.41. The molecule has 2 aliphatic heterocycles. The third kappa shape index (κ3) is 3.58. The Bertz CT molecular complexity index is 594. The van der Waals surface area contributed by atoms with Crippen LogP contribution in [0, 0.1) is 5.92 Å². The molecule has 1 aromatic heterocycles. The monoisotopic (exact) mass is 343 g/mol. The fourth-order valence-corrected chi connectivity index (χ4v) is 4.41. The smallest absolute Gasteiger partial charge is 0.225 e. The van der Waals surface area contributed by atoms with Crippen molar-refractivity contribution < 1.29 is 9.53 Å². The van der Waals surface area contributed by atoms with Gasteiger partial charge in [-0.2, -0.15) is 0 Å². The maximum atomic E-state index is 12.4. The third-order valence-corrected chi connectivity index (χ3v) is 6.41. The van der Waals surface area contributed by atoms with E-state index in [1.165, 1.54) is 12.0 Å². The number of likely N-dealkylation sites (N-methyl/N-ethyl adjacent to an activating group) is 1. The molecule has 1 saturated carbocycles. The van der Waals surface area contributed by atoms with E-state index in [1.807, 2.05) is 18.5 Å². The first-order valence-electron chi connectivity index (χ1n) is 9.67. The number of nitrogens with zero attached hydrogens (tertiary/aromatic N) is 3. The summed E-state index contributed by atoms with van der Waals surface area (Å²) >= 11 is 0. The molecule has 4 rings (SSSR count). The van der Waals surface area contributed by atoms with Crippen molar-refractivity contribution in [3.63, 3.8) is 0 Å². The van der Waals surface area contributed by atoms with Gasteiger partial charge in [0.05, 0.1) is 12.2 Å². The summed E-state index contributed by atoms with van der Waals surface area (Å²) in [7, 11) is 2.18. The first-order valence-corrected chi connectivity index (χ1v) is 9.67. The fourth-order valence-electron chi connectivity index (χ4n) is 4.41. The van der Waals surface area contributed by atoms with Crippen molar-refractivity contribution in [2.45, 2.75) is 56.7 Å². The Kier molecular flexibility index (Phi) is 4.78. The Labute approximate surface area is 150 Å². The molecular weight excluding hydrogens is 314 g/mol. The normalized spacial score (nSPS) is 26.2. The van der Waals surface area contributed by atoms with Gasteiger partial charge in [0.25, 0.3) is 0 Å². The summed E-state index contributed by atoms with van der Waals surface area (Å²) < 4.78 is 6.29. The molecule has 0 aromatic carbocycles. The van der Waals surface area contributed by atoms with Crippen LogP contribution in [0.3, 0.4) is 0 Å². The van der Waals surface area contributed by atoms with Crippen LogP contribution in [0.2, 0.25) is 0 Å². The highest BCUT2D eigenvalue weighted by molar-refractivity contribution is 5.79. The van der Waals surface area contributed by atoms with Crippen LogP contribution < -0.4 is 0 Å². The molecule has 1 aliphatic carbocycles. The number of pyridine rings is 1. The maximum Gasteiger partial charge on any atom is 0.225 e. The molecule has 5 heteroatoms. The van der Waals surface area contributed by atoms with Crippen molar-refractivity contribution in [3.8, 4) is 0 Å². The molecule has 3 aliphatic rings. The van der Waals surface area contributed by atoms with Crippen LogP contribution >= 0.6 is 0 Å². The average Bonchev–Trinajstić information content (AvgIpc) is 2.99. The number of piperidine rings is 1. The van der Waals surface area contributed by atoms with Gasteiger partial charge >= 0.3 is 0 Å². The lowest BCUT2D eigenvalue weighted by molar-refractivity contribution is -0.142. The molecule has 1 amide bonds. The molecule has 1 atom stereocenters. The Morgan fingerprint density at radius 3 is 2.84 bits per heavy atom. The SMILES string of the molecule is CN(Cc1cccnc1)[C@H]1COC2(CCN(C(=O)C3CCC3)CC2)C1. The summed E-state index contributed by atoms with van der Waals surface area (Å²) in [5.41, 5.74) is 1.23. The lowest BCUT2D eigenvalue weighted by atomic mass is 9.82. The molecule has 2 saturated heterocycles. The second kappa shape index (κ2) is 7.04. The predicted molar refractivity (Wildman–Crippen MR) is 95.9 cm³/mol. The average molecular weight is 343 g/mol. The number of ether oxygens (including phenoxy) is 1. The van der Waals surface area contributed by atoms with Gasteiger partial charge in [-0.1, -0.05) is 12.5 Å². The number of amides is 1. The van der Waals surface area contributed by atoms with E-state index in [-0.39, 0.29) is 5.60 Å². The minimum absolute atomic E-state index is 0.00966. The summed E-state index contributed by atoms with van der Waals surface area (Å²) in [6.07, 6.45) is 10.2. The van der Waals surface area contributed by atoms with Crippen LogP contribution in [-0.2, 0) is 16.1 Å². The highest BCUT2D eigenvalue weighted by Crippen LogP contribution is 2.39. The molecule has 3 fully saturated rings. The predicted octanol–water partition coefficient (Wildman–Crippen LogP) is 2.46. The molecular formula is C20H29N3O2. The van der Waals surface area contributed by atoms with E-state index in [1.54, 1.807) is 0 Å². The molecule has 0 N–H and O–H groups in total. The Morgan fingerprint density at radius 2 is 2.20 bits per heavy atom. The van der Waals surface area contributed by atoms with E-state index < -0.39 is 0 Å². The number of rotatable bonds is 4. The van der Waals surface area contributed by atoms with Crippen molar-refractivity contribution in [1.29, 1.82) is 0 Å². The van der Waals surface area contributed by atoms with Crippen LogP contribution in [-0.4, -0.2) is 59.1 Å². The fraction of sp³-hybridized carbons (Fsp3) is 0.700. The molecule has 136 valence electrons. The number of carbonyl (C=O) groups is 1. The Morgan fingerprint density at radius 1 is 1.40 bits per heavy atom. The summed E-state index contributed by atoms with van der Waals surface area (Å²) in [6.45, 7) is 3.44. The zero-order chi connectivity index (χ0) is 17.3. The van der Waals surface area contributed by atoms with Gasteiger partial charge in [0.2, 0.25) is 5.91 Å². The molecule has 0 radical (unpaired) electrons. The number of aromatic nitrogens is 1. The van der Waals surface area contributed by atoms with Gasteiger partial charge in [-0.25, -0.2) is 0 Å². The number of likely N-dealkylation sites (tertiary alicyclic amines) is 1. The lowest BCUT2D eigenvalue weighted by Gasteiger charge is -2.41. The first kappa shape index (κ1) is 17.0. The minimum Gasteiger partial charge on any atom is -0.373 e. The topological polar surface area (TPSA) is 45.7 Å². The van der Waals surface area contributed by atoms with Gasteiger partial charge in [-0.15, -0.1) is 0 Å². The minimum atomic E-state index is -0.00966. The van der Waals surface area contributed by atoms with E-state index in [0.717, 1.165) is 58.3 Å². The van der Waals surface area contributed by atoms with E-state index in [9.17, 15) is 4.79 Å². The van der Waals surface area contributed by atoms with Gasteiger partial charge in [-0.05, 0) is 50.8 Å². The van der Waals surface area contributed by atoms with Crippen LogP contribution in [0.15, 0.2) is 24.5 Å². The van der Waals surface area contributed by atoms with Crippen LogP contribution in [0.5, 0.6) is 0 Å². The van der Waals surface area contributed by atoms with Crippen LogP contribution in [0.4, 0.5) is 0 Å². The second-order valence-electron chi connectivity index (χ2n) is 8.08. The maximum absolute atomic E-state index is 12.4. The van der Waals surface area contributed by atoms with Crippen molar-refractivity contribution in [2.75, 3.05) is 26.7 Å². The van der Waals surface area contributed by atoms with E-state index in [2.05, 4.69) is 27.9 Å². The molecule has 1 spiro atoms. The molecule has 0 bridgehead atoms. The number of carbonyl (C=O) groups excluding carboxylic acids is 1. The van der Waals surface area contributed by atoms with Crippen molar-refractivity contribution in [1.82, 2.24) is 14.8 Å². The second-order valence-corrected chi connectivity index (χ2v) is 8.08. The van der Waals surface area contributed by atoms with Crippen LogP contribution in [0.25, 0.3) is 0 Å². The largest absolute Gasteiger partial charge is 0.373 e. The molecule has 1 aromatic rings. The summed E-state index contributed by atoms with van der Waals surface area (Å²) in [4.78, 5) is 21.1. The summed E-state index contributed by atoms with van der Waals surface area (Å²) in [5.74, 6) is 0.709. The van der Waals surface area contributed by atoms with Gasteiger partial charge in [-0.3, -0.25) is 14.7 Å². The lowest BCUT2D eigenvalue weighted by Crippen LogP contribution is -2.49. The van der Waals surface area contributed by atoms with Gasteiger partial charge in [0.1, 0.15) is 0 Å². The number of hydrogen-bond acceptors (Lipinski definition) is 4. The molecule has 25 heavy (non-hydrogen) atoms. The van der Waals surface area contributed by atoms with Crippen molar-refractivity contribution in [3.05, 3.63) is 30.1 Å². The Balaban J connectivity index is 1.29. The summed E-state index contributed by atoms with van der Waals surface area (Å²) in [6, 6.07) is 4.57. The van der Waals surface area contributed by atoms with Crippen LogP contribution in [0.1, 0.15) is 44.1 Å². The molecule has 5 nitrogen and oxygen atoms in total. The first-order chi connectivity index (χ1) is 12.2. The van der Waals surface area contributed by atoms with E-state index >= 15 is 0 Å². The summed E-state index contributed by atoms with van der Waals surface area (Å²) in [5, 5.41) is 0. The quantitative estimate of drug-likeness (QED) is 0.842. The highest BCUT2D eigenvalue weighted by Gasteiger charge is 2.45. The molecule has 0 unspecified atom stereocenters. The number of hydrogen-bond donors (Lipinski definition) is 0. The highest BCUT2D eigenvalue weighted by atomic mass is 16.5. The van der Waals surface area contributed by atoms with E-state index in [0.29, 0.717) is 17.9 Å². The zero-order valence-electron chi connectivity index (χ0n) is 15.2. The van der Waals surface area contributed by atoms with Crippen molar-refractivity contribution in [2.24, 2.45) is 5.92 Å². The van der Waals surface area contributed by atoms with Gasteiger partial charge in [0, 0.05) is 44.0 Å². The molecule has 3 heterocycles. The zero-order valence-corrected chi connectivity index (χ0v) is 15.2.